The van der Waals surface area contributed by atoms with Crippen molar-refractivity contribution in [2.24, 2.45) is 10.4 Å². The first-order valence-corrected chi connectivity index (χ1v) is 8.82. The Bertz CT molecular complexity index is 528. The molecule has 1 aliphatic heterocycles. The van der Waals surface area contributed by atoms with Gasteiger partial charge in [0.25, 0.3) is 0 Å². The summed E-state index contributed by atoms with van der Waals surface area (Å²) in [5, 5.41) is 4.68. The molecule has 0 unspecified atom stereocenters. The fourth-order valence-electron chi connectivity index (χ4n) is 3.88. The summed E-state index contributed by atoms with van der Waals surface area (Å²) in [5.74, 6) is 1.06. The molecule has 2 fully saturated rings. The van der Waals surface area contributed by atoms with Gasteiger partial charge in [0.05, 0.1) is 17.2 Å². The number of rotatable bonds is 2. The summed E-state index contributed by atoms with van der Waals surface area (Å²) in [5.41, 5.74) is 1.74. The largest absolute Gasteiger partial charge is 0.351 e. The van der Waals surface area contributed by atoms with Crippen molar-refractivity contribution in [2.45, 2.75) is 52.5 Å². The molecule has 2 heterocycles. The first-order valence-electron chi connectivity index (χ1n) is 8.00. The molecule has 0 atom stereocenters. The van der Waals surface area contributed by atoms with Crippen LogP contribution in [0, 0.1) is 19.3 Å². The number of hydrogen-bond donors (Lipinski definition) is 1. The zero-order valence-electron chi connectivity index (χ0n) is 13.4. The number of nitrogens with zero attached hydrogens (tertiary/aromatic N) is 3. The molecule has 4 nitrogen and oxygen atoms in total. The minimum Gasteiger partial charge on any atom is -0.351 e. The summed E-state index contributed by atoms with van der Waals surface area (Å²) in [6.07, 6.45) is 6.99. The van der Waals surface area contributed by atoms with Crippen molar-refractivity contribution in [3.8, 4) is 0 Å². The van der Waals surface area contributed by atoms with Crippen LogP contribution in [-0.2, 0) is 6.54 Å². The molecule has 1 saturated heterocycles. The molecule has 3 rings (SSSR count). The normalized spacial score (nSPS) is 21.5. The molecule has 21 heavy (non-hydrogen) atoms. The van der Waals surface area contributed by atoms with Gasteiger partial charge in [-0.3, -0.25) is 4.99 Å². The first-order chi connectivity index (χ1) is 10.1. The second-order valence-corrected chi connectivity index (χ2v) is 7.81. The summed E-state index contributed by atoms with van der Waals surface area (Å²) in [6.45, 7) is 7.34. The molecule has 1 N–H and O–H groups in total. The fraction of sp³-hybridized carbons (Fsp3) is 0.750. The van der Waals surface area contributed by atoms with Crippen LogP contribution >= 0.6 is 11.3 Å². The molecule has 2 aliphatic rings. The van der Waals surface area contributed by atoms with Gasteiger partial charge in [-0.2, -0.15) is 0 Å². The second-order valence-electron chi connectivity index (χ2n) is 6.52. The lowest BCUT2D eigenvalue weighted by atomic mass is 9.86. The molecule has 1 spiro atoms. The van der Waals surface area contributed by atoms with E-state index in [0.29, 0.717) is 5.41 Å². The SMILES string of the molecule is CN=C(NCc1sc(C)nc1C)N1CCC2(CCCC2)C1. The quantitative estimate of drug-likeness (QED) is 0.674. The van der Waals surface area contributed by atoms with Crippen LogP contribution in [0.1, 0.15) is 47.7 Å². The van der Waals surface area contributed by atoms with Gasteiger partial charge in [-0.25, -0.2) is 4.98 Å². The van der Waals surface area contributed by atoms with Crippen molar-refractivity contribution in [1.29, 1.82) is 0 Å². The van der Waals surface area contributed by atoms with E-state index in [-0.39, 0.29) is 0 Å². The van der Waals surface area contributed by atoms with Crippen molar-refractivity contribution in [1.82, 2.24) is 15.2 Å². The Hall–Kier alpha value is -1.10. The molecule has 1 aromatic heterocycles. The predicted octanol–water partition coefficient (Wildman–Crippen LogP) is 3.10. The van der Waals surface area contributed by atoms with Gasteiger partial charge in [0.1, 0.15) is 0 Å². The van der Waals surface area contributed by atoms with E-state index in [4.69, 9.17) is 0 Å². The minimum absolute atomic E-state index is 0.592. The highest BCUT2D eigenvalue weighted by atomic mass is 32.1. The third kappa shape index (κ3) is 3.07. The Morgan fingerprint density at radius 2 is 2.10 bits per heavy atom. The van der Waals surface area contributed by atoms with Crippen LogP contribution in [-0.4, -0.2) is 36.0 Å². The van der Waals surface area contributed by atoms with Crippen molar-refractivity contribution in [3.63, 3.8) is 0 Å². The van der Waals surface area contributed by atoms with E-state index in [1.165, 1.54) is 43.5 Å². The molecule has 0 bridgehead atoms. The van der Waals surface area contributed by atoms with Crippen LogP contribution in [0.4, 0.5) is 0 Å². The number of likely N-dealkylation sites (tertiary alicyclic amines) is 1. The first kappa shape index (κ1) is 14.8. The average Bonchev–Trinajstić information content (AvgIpc) is 3.15. The van der Waals surface area contributed by atoms with Gasteiger partial charge in [-0.05, 0) is 38.5 Å². The van der Waals surface area contributed by atoms with Gasteiger partial charge in [-0.1, -0.05) is 12.8 Å². The van der Waals surface area contributed by atoms with E-state index >= 15 is 0 Å². The average molecular weight is 306 g/mol. The predicted molar refractivity (Wildman–Crippen MR) is 88.9 cm³/mol. The van der Waals surface area contributed by atoms with Crippen LogP contribution in [0.15, 0.2) is 4.99 Å². The summed E-state index contributed by atoms with van der Waals surface area (Å²) in [7, 11) is 1.90. The zero-order chi connectivity index (χ0) is 14.9. The van der Waals surface area contributed by atoms with Crippen molar-refractivity contribution >= 4 is 17.3 Å². The van der Waals surface area contributed by atoms with Gasteiger partial charge in [0.15, 0.2) is 5.96 Å². The lowest BCUT2D eigenvalue weighted by Crippen LogP contribution is -2.40. The fourth-order valence-corrected chi connectivity index (χ4v) is 4.75. The summed E-state index contributed by atoms with van der Waals surface area (Å²) in [6, 6.07) is 0. The monoisotopic (exact) mass is 306 g/mol. The van der Waals surface area contributed by atoms with Gasteiger partial charge in [-0.15, -0.1) is 11.3 Å². The third-order valence-corrected chi connectivity index (χ3v) is 6.09. The van der Waals surface area contributed by atoms with Crippen molar-refractivity contribution in [3.05, 3.63) is 15.6 Å². The van der Waals surface area contributed by atoms with E-state index in [9.17, 15) is 0 Å². The van der Waals surface area contributed by atoms with E-state index in [1.54, 1.807) is 11.3 Å². The number of guanidine groups is 1. The van der Waals surface area contributed by atoms with Crippen LogP contribution in [0.3, 0.4) is 0 Å². The van der Waals surface area contributed by atoms with Gasteiger partial charge >= 0.3 is 0 Å². The Labute approximate surface area is 131 Å². The molecule has 0 aromatic carbocycles. The molecule has 5 heteroatoms. The minimum atomic E-state index is 0.592. The molecule has 1 saturated carbocycles. The van der Waals surface area contributed by atoms with Crippen LogP contribution in [0.25, 0.3) is 0 Å². The second kappa shape index (κ2) is 5.95. The Balaban J connectivity index is 1.60. The zero-order valence-corrected chi connectivity index (χ0v) is 14.2. The molecular formula is C16H26N4S. The molecule has 1 aliphatic carbocycles. The molecule has 0 amide bonds. The van der Waals surface area contributed by atoms with E-state index < -0.39 is 0 Å². The summed E-state index contributed by atoms with van der Waals surface area (Å²) >= 11 is 1.78. The van der Waals surface area contributed by atoms with Gasteiger partial charge < -0.3 is 10.2 Å². The topological polar surface area (TPSA) is 40.5 Å². The number of aromatic nitrogens is 1. The lowest BCUT2D eigenvalue weighted by Gasteiger charge is -2.25. The maximum Gasteiger partial charge on any atom is 0.193 e. The number of hydrogen-bond acceptors (Lipinski definition) is 3. The van der Waals surface area contributed by atoms with E-state index in [1.807, 2.05) is 7.05 Å². The standard InChI is InChI=1S/C16H26N4S/c1-12-14(21-13(2)19-12)10-18-15(17-3)20-9-8-16(11-20)6-4-5-7-16/h4-11H2,1-3H3,(H,17,18). The maximum absolute atomic E-state index is 4.50. The van der Waals surface area contributed by atoms with Crippen LogP contribution in [0.5, 0.6) is 0 Å². The summed E-state index contributed by atoms with van der Waals surface area (Å²) < 4.78 is 0. The number of nitrogens with one attached hydrogen (secondary N) is 1. The smallest absolute Gasteiger partial charge is 0.193 e. The van der Waals surface area contributed by atoms with E-state index in [0.717, 1.165) is 29.8 Å². The van der Waals surface area contributed by atoms with Crippen molar-refractivity contribution < 1.29 is 0 Å². The number of thiazole rings is 1. The molecular weight excluding hydrogens is 280 g/mol. The van der Waals surface area contributed by atoms with Crippen molar-refractivity contribution in [2.75, 3.05) is 20.1 Å². The van der Waals surface area contributed by atoms with Gasteiger partial charge in [0.2, 0.25) is 0 Å². The Kier molecular flexibility index (Phi) is 4.20. The molecule has 116 valence electrons. The molecule has 0 radical (unpaired) electrons. The highest BCUT2D eigenvalue weighted by Gasteiger charge is 2.41. The van der Waals surface area contributed by atoms with Gasteiger partial charge in [0, 0.05) is 25.0 Å². The van der Waals surface area contributed by atoms with Crippen LogP contribution in [0.2, 0.25) is 0 Å². The number of aryl methyl sites for hydroxylation is 2. The third-order valence-electron chi connectivity index (χ3n) is 5.02. The van der Waals surface area contributed by atoms with E-state index in [2.05, 4.69) is 34.0 Å². The molecule has 1 aromatic rings. The van der Waals surface area contributed by atoms with Crippen LogP contribution < -0.4 is 5.32 Å². The number of aliphatic imine (C=N–C) groups is 1. The highest BCUT2D eigenvalue weighted by molar-refractivity contribution is 7.11. The Morgan fingerprint density at radius 3 is 2.71 bits per heavy atom. The lowest BCUT2D eigenvalue weighted by molar-refractivity contribution is 0.309. The highest BCUT2D eigenvalue weighted by Crippen LogP contribution is 2.45. The summed E-state index contributed by atoms with van der Waals surface area (Å²) in [4.78, 5) is 12.8. The maximum atomic E-state index is 4.50. The Morgan fingerprint density at radius 1 is 1.33 bits per heavy atom.